The van der Waals surface area contributed by atoms with Gasteiger partial charge in [0.25, 0.3) is 0 Å². The van der Waals surface area contributed by atoms with Crippen LogP contribution in [0.3, 0.4) is 0 Å². The quantitative estimate of drug-likeness (QED) is 0.596. The van der Waals surface area contributed by atoms with Gasteiger partial charge in [-0.05, 0) is 54.7 Å². The Morgan fingerprint density at radius 2 is 1.85 bits per heavy atom. The molecule has 4 rings (SSSR count). The summed E-state index contributed by atoms with van der Waals surface area (Å²) in [6.45, 7) is 2.06. The molecule has 1 saturated carbocycles. The van der Waals surface area contributed by atoms with E-state index in [9.17, 15) is 9.59 Å². The van der Waals surface area contributed by atoms with Gasteiger partial charge in [-0.15, -0.1) is 0 Å². The molecule has 1 atom stereocenters. The van der Waals surface area contributed by atoms with Gasteiger partial charge in [0, 0.05) is 31.1 Å². The predicted octanol–water partition coefficient (Wildman–Crippen LogP) is 2.81. The molecule has 2 heterocycles. The molecule has 34 heavy (non-hydrogen) atoms. The van der Waals surface area contributed by atoms with E-state index in [-0.39, 0.29) is 23.8 Å². The van der Waals surface area contributed by atoms with Gasteiger partial charge in [-0.3, -0.25) is 14.3 Å². The van der Waals surface area contributed by atoms with Crippen LogP contribution < -0.4 is 11.1 Å². The maximum absolute atomic E-state index is 13.5. The van der Waals surface area contributed by atoms with Crippen molar-refractivity contribution >= 4 is 23.4 Å². The van der Waals surface area contributed by atoms with Crippen LogP contribution in [0.25, 0.3) is 0 Å². The highest BCUT2D eigenvalue weighted by Gasteiger charge is 2.43. The molecule has 1 aliphatic heterocycles. The van der Waals surface area contributed by atoms with Gasteiger partial charge in [0.15, 0.2) is 0 Å². The maximum atomic E-state index is 13.5. The van der Waals surface area contributed by atoms with Gasteiger partial charge in [0.05, 0.1) is 6.54 Å². The minimum absolute atomic E-state index is 0.0465. The minimum Gasteiger partial charge on any atom is -0.343 e. The lowest BCUT2D eigenvalue weighted by atomic mass is 9.63. The average Bonchev–Trinajstić information content (AvgIpc) is 3.38. The zero-order chi connectivity index (χ0) is 24.0. The summed E-state index contributed by atoms with van der Waals surface area (Å²) in [6, 6.07) is 6.73. The number of halogens is 1. The zero-order valence-corrected chi connectivity index (χ0v) is 20.4. The predicted molar refractivity (Wildman–Crippen MR) is 131 cm³/mol. The van der Waals surface area contributed by atoms with E-state index in [0.717, 1.165) is 24.9 Å². The van der Waals surface area contributed by atoms with Crippen molar-refractivity contribution < 1.29 is 9.59 Å². The lowest BCUT2D eigenvalue weighted by Crippen LogP contribution is -2.55. The second kappa shape index (κ2) is 11.3. The fourth-order valence-electron chi connectivity index (χ4n) is 5.75. The first-order chi connectivity index (χ1) is 16.5. The van der Waals surface area contributed by atoms with Crippen LogP contribution in [0.1, 0.15) is 50.5 Å². The third kappa shape index (κ3) is 5.96. The van der Waals surface area contributed by atoms with Crippen molar-refractivity contribution in [2.24, 2.45) is 17.1 Å². The summed E-state index contributed by atoms with van der Waals surface area (Å²) >= 11 is 6.01. The molecule has 1 aromatic heterocycles. The monoisotopic (exact) mass is 486 g/mol. The van der Waals surface area contributed by atoms with Gasteiger partial charge in [-0.2, -0.15) is 5.10 Å². The molecule has 8 nitrogen and oxygen atoms in total. The molecule has 1 aliphatic carbocycles. The van der Waals surface area contributed by atoms with E-state index in [4.69, 9.17) is 17.3 Å². The number of carbonyl (C=O) groups excluding carboxylic acids is 2. The first-order valence-corrected chi connectivity index (χ1v) is 12.7. The number of hydrogen-bond donors (Lipinski definition) is 2. The summed E-state index contributed by atoms with van der Waals surface area (Å²) in [6.07, 6.45) is 12.0. The minimum atomic E-state index is -0.644. The number of likely N-dealkylation sites (tertiary alicyclic amines) is 1. The molecule has 2 aromatic rings. The Hall–Kier alpha value is -2.45. The van der Waals surface area contributed by atoms with E-state index < -0.39 is 6.04 Å². The number of piperidine rings is 1. The van der Waals surface area contributed by atoms with Crippen LogP contribution in [0, 0.1) is 11.3 Å². The Labute approximate surface area is 206 Å². The van der Waals surface area contributed by atoms with Crippen LogP contribution in [-0.2, 0) is 22.6 Å². The van der Waals surface area contributed by atoms with Gasteiger partial charge in [-0.25, -0.2) is 4.98 Å². The third-order valence-electron chi connectivity index (χ3n) is 7.66. The Bertz CT molecular complexity index is 935. The van der Waals surface area contributed by atoms with E-state index in [0.29, 0.717) is 30.5 Å². The summed E-state index contributed by atoms with van der Waals surface area (Å²) in [5.74, 6) is 0.270. The lowest BCUT2D eigenvalue weighted by Gasteiger charge is -2.48. The highest BCUT2D eigenvalue weighted by Crippen LogP contribution is 2.47. The van der Waals surface area contributed by atoms with E-state index >= 15 is 0 Å². The first-order valence-electron chi connectivity index (χ1n) is 12.3. The van der Waals surface area contributed by atoms with Crippen molar-refractivity contribution in [2.75, 3.05) is 19.6 Å². The normalized spacial score (nSPS) is 19.5. The largest absolute Gasteiger partial charge is 0.343 e. The molecule has 0 radical (unpaired) electrons. The highest BCUT2D eigenvalue weighted by atomic mass is 35.5. The summed E-state index contributed by atoms with van der Waals surface area (Å²) in [4.78, 5) is 31.7. The Morgan fingerprint density at radius 3 is 2.47 bits per heavy atom. The van der Waals surface area contributed by atoms with Crippen LogP contribution >= 0.6 is 11.6 Å². The standard InChI is InChI=1S/C25H35ClN6O2/c26-21-8-6-19(7-9-21)14-22(30-23(33)15-27)24(34)31-12-10-25(11-13-31,16-32-18-28-17-29-32)20-4-2-1-3-5-20/h6-9,17-18,20,22H,1-5,10-16,27H2,(H,30,33)/t22-/m1/s1. The van der Waals surface area contributed by atoms with Crippen LogP contribution in [-0.4, -0.2) is 57.2 Å². The molecule has 184 valence electrons. The molecule has 0 bridgehead atoms. The van der Waals surface area contributed by atoms with E-state index in [2.05, 4.69) is 15.4 Å². The van der Waals surface area contributed by atoms with Crippen molar-refractivity contribution in [3.63, 3.8) is 0 Å². The van der Waals surface area contributed by atoms with Gasteiger partial charge in [0.2, 0.25) is 11.8 Å². The number of rotatable bonds is 8. The summed E-state index contributed by atoms with van der Waals surface area (Å²) in [5, 5.41) is 7.86. The third-order valence-corrected chi connectivity index (χ3v) is 7.91. The van der Waals surface area contributed by atoms with Gasteiger partial charge < -0.3 is 16.0 Å². The van der Waals surface area contributed by atoms with Gasteiger partial charge >= 0.3 is 0 Å². The number of nitrogens with one attached hydrogen (secondary N) is 1. The molecule has 2 amide bonds. The van der Waals surface area contributed by atoms with Gasteiger partial charge in [-0.1, -0.05) is 43.0 Å². The molecule has 9 heteroatoms. The number of aromatic nitrogens is 3. The smallest absolute Gasteiger partial charge is 0.245 e. The SMILES string of the molecule is NCC(=O)N[C@H](Cc1ccc(Cl)cc1)C(=O)N1CCC(Cn2cncn2)(C2CCCCC2)CC1. The Balaban J connectivity index is 1.46. The van der Waals surface area contributed by atoms with E-state index in [1.807, 2.05) is 21.7 Å². The number of benzene rings is 1. The number of nitrogens with zero attached hydrogens (tertiary/aromatic N) is 4. The van der Waals surface area contributed by atoms with Crippen molar-refractivity contribution in [3.8, 4) is 0 Å². The number of hydrogen-bond acceptors (Lipinski definition) is 5. The Kier molecular flexibility index (Phi) is 8.21. The van der Waals surface area contributed by atoms with E-state index in [1.165, 1.54) is 32.1 Å². The molecule has 3 N–H and O–H groups in total. The second-order valence-corrected chi connectivity index (χ2v) is 10.2. The fraction of sp³-hybridized carbons (Fsp3) is 0.600. The topological polar surface area (TPSA) is 106 Å². The molecule has 1 saturated heterocycles. The van der Waals surface area contributed by atoms with Crippen molar-refractivity contribution in [1.82, 2.24) is 25.0 Å². The first kappa shape index (κ1) is 24.7. The molecule has 2 fully saturated rings. The Morgan fingerprint density at radius 1 is 1.15 bits per heavy atom. The van der Waals surface area contributed by atoms with Crippen molar-refractivity contribution in [1.29, 1.82) is 0 Å². The highest BCUT2D eigenvalue weighted by molar-refractivity contribution is 6.30. The van der Waals surface area contributed by atoms with Crippen LogP contribution in [0.5, 0.6) is 0 Å². The molecule has 1 aromatic carbocycles. The molecule has 2 aliphatic rings. The van der Waals surface area contributed by atoms with Gasteiger partial charge in [0.1, 0.15) is 18.7 Å². The van der Waals surface area contributed by atoms with Crippen molar-refractivity contribution in [2.45, 2.75) is 64.0 Å². The van der Waals surface area contributed by atoms with E-state index in [1.54, 1.807) is 24.8 Å². The lowest BCUT2D eigenvalue weighted by molar-refractivity contribution is -0.139. The van der Waals surface area contributed by atoms with Crippen LogP contribution in [0.2, 0.25) is 5.02 Å². The molecule has 0 spiro atoms. The number of amides is 2. The summed E-state index contributed by atoms with van der Waals surface area (Å²) < 4.78 is 1.96. The summed E-state index contributed by atoms with van der Waals surface area (Å²) in [7, 11) is 0. The molecular weight excluding hydrogens is 452 g/mol. The van der Waals surface area contributed by atoms with Crippen LogP contribution in [0.15, 0.2) is 36.9 Å². The maximum Gasteiger partial charge on any atom is 0.245 e. The summed E-state index contributed by atoms with van der Waals surface area (Å²) in [5.41, 5.74) is 6.59. The fourth-order valence-corrected chi connectivity index (χ4v) is 5.88. The second-order valence-electron chi connectivity index (χ2n) is 9.77. The van der Waals surface area contributed by atoms with Crippen molar-refractivity contribution in [3.05, 3.63) is 47.5 Å². The number of carbonyl (C=O) groups is 2. The van der Waals surface area contributed by atoms with Crippen LogP contribution in [0.4, 0.5) is 0 Å². The zero-order valence-electron chi connectivity index (χ0n) is 19.7. The molecule has 0 unspecified atom stereocenters. The number of nitrogens with two attached hydrogens (primary N) is 1. The average molecular weight is 487 g/mol. The molecular formula is C25H35ClN6O2.